The SMILES string of the molecule is CCC(C)NC(=O)CCN1C(=O)NC(=O)C1=O. The summed E-state index contributed by atoms with van der Waals surface area (Å²) in [6.07, 6.45) is 0.796. The van der Waals surface area contributed by atoms with E-state index in [1.165, 1.54) is 0 Å². The summed E-state index contributed by atoms with van der Waals surface area (Å²) in [5.41, 5.74) is 0. The van der Waals surface area contributed by atoms with E-state index in [1.807, 2.05) is 19.2 Å². The third kappa shape index (κ3) is 3.27. The molecule has 1 atom stereocenters. The maximum absolute atomic E-state index is 11.4. The number of urea groups is 1. The van der Waals surface area contributed by atoms with E-state index in [0.717, 1.165) is 11.3 Å². The van der Waals surface area contributed by atoms with Crippen LogP contribution in [0.1, 0.15) is 26.7 Å². The number of rotatable bonds is 5. The molecular formula is C10H15N3O4. The van der Waals surface area contributed by atoms with E-state index in [-0.39, 0.29) is 24.9 Å². The first kappa shape index (κ1) is 13.1. The molecule has 0 radical (unpaired) electrons. The Hall–Kier alpha value is -1.92. The zero-order valence-corrected chi connectivity index (χ0v) is 9.78. The molecule has 5 amide bonds. The molecule has 94 valence electrons. The predicted molar refractivity (Wildman–Crippen MR) is 57.8 cm³/mol. The number of carbonyl (C=O) groups is 4. The Labute approximate surface area is 98.5 Å². The van der Waals surface area contributed by atoms with Crippen LogP contribution in [0.15, 0.2) is 0 Å². The fourth-order valence-electron chi connectivity index (χ4n) is 1.30. The average Bonchev–Trinajstić information content (AvgIpc) is 2.51. The molecule has 1 saturated heterocycles. The molecule has 1 aliphatic rings. The summed E-state index contributed by atoms with van der Waals surface area (Å²) in [7, 11) is 0. The van der Waals surface area contributed by atoms with Crippen molar-refractivity contribution in [2.75, 3.05) is 6.54 Å². The van der Waals surface area contributed by atoms with E-state index in [2.05, 4.69) is 5.32 Å². The number of nitrogens with one attached hydrogen (secondary N) is 2. The third-order valence-corrected chi connectivity index (χ3v) is 2.49. The molecule has 7 heteroatoms. The molecule has 1 fully saturated rings. The first-order valence-corrected chi connectivity index (χ1v) is 5.41. The molecular weight excluding hydrogens is 226 g/mol. The topological polar surface area (TPSA) is 95.6 Å². The molecule has 1 rings (SSSR count). The van der Waals surface area contributed by atoms with Gasteiger partial charge in [-0.1, -0.05) is 6.92 Å². The summed E-state index contributed by atoms with van der Waals surface area (Å²) in [5, 5.41) is 4.56. The molecule has 0 aromatic carbocycles. The van der Waals surface area contributed by atoms with Gasteiger partial charge >= 0.3 is 17.8 Å². The lowest BCUT2D eigenvalue weighted by molar-refractivity contribution is -0.140. The molecule has 1 aliphatic heterocycles. The molecule has 0 aromatic heterocycles. The minimum absolute atomic E-state index is 0.00319. The minimum atomic E-state index is -0.947. The molecule has 0 bridgehead atoms. The Balaban J connectivity index is 2.41. The third-order valence-electron chi connectivity index (χ3n) is 2.49. The van der Waals surface area contributed by atoms with Crippen molar-refractivity contribution < 1.29 is 19.2 Å². The second-order valence-corrected chi connectivity index (χ2v) is 3.84. The smallest absolute Gasteiger partial charge is 0.331 e. The molecule has 0 saturated carbocycles. The monoisotopic (exact) mass is 241 g/mol. The summed E-state index contributed by atoms with van der Waals surface area (Å²) in [5.74, 6) is -2.11. The van der Waals surface area contributed by atoms with Gasteiger partial charge in [-0.15, -0.1) is 0 Å². The van der Waals surface area contributed by atoms with Gasteiger partial charge in [0.2, 0.25) is 5.91 Å². The lowest BCUT2D eigenvalue weighted by Gasteiger charge is -2.13. The van der Waals surface area contributed by atoms with Crippen molar-refractivity contribution in [2.45, 2.75) is 32.7 Å². The Morgan fingerprint density at radius 2 is 2.06 bits per heavy atom. The Bertz CT molecular complexity index is 367. The highest BCUT2D eigenvalue weighted by Crippen LogP contribution is 2.01. The van der Waals surface area contributed by atoms with E-state index >= 15 is 0 Å². The van der Waals surface area contributed by atoms with Crippen molar-refractivity contribution in [3.05, 3.63) is 0 Å². The van der Waals surface area contributed by atoms with E-state index in [0.29, 0.717) is 0 Å². The van der Waals surface area contributed by atoms with Gasteiger partial charge in [-0.25, -0.2) is 4.79 Å². The molecule has 0 spiro atoms. The number of carbonyl (C=O) groups excluding carboxylic acids is 4. The Morgan fingerprint density at radius 3 is 2.53 bits per heavy atom. The second kappa shape index (κ2) is 5.42. The Kier molecular flexibility index (Phi) is 4.19. The Morgan fingerprint density at radius 1 is 1.41 bits per heavy atom. The van der Waals surface area contributed by atoms with Crippen molar-refractivity contribution >= 4 is 23.8 Å². The highest BCUT2D eigenvalue weighted by molar-refractivity contribution is 6.44. The maximum atomic E-state index is 11.4. The molecule has 0 aromatic rings. The molecule has 2 N–H and O–H groups in total. The molecule has 7 nitrogen and oxygen atoms in total. The highest BCUT2D eigenvalue weighted by atomic mass is 16.2. The zero-order valence-electron chi connectivity index (χ0n) is 9.78. The van der Waals surface area contributed by atoms with Crippen LogP contribution in [0.3, 0.4) is 0 Å². The summed E-state index contributed by atoms with van der Waals surface area (Å²) in [6.45, 7) is 3.70. The van der Waals surface area contributed by atoms with Crippen molar-refractivity contribution in [2.24, 2.45) is 0 Å². The molecule has 0 aliphatic carbocycles. The van der Waals surface area contributed by atoms with Gasteiger partial charge in [-0.2, -0.15) is 0 Å². The van der Waals surface area contributed by atoms with Crippen molar-refractivity contribution in [1.82, 2.24) is 15.5 Å². The van der Waals surface area contributed by atoms with Crippen molar-refractivity contribution in [3.8, 4) is 0 Å². The number of hydrogen-bond donors (Lipinski definition) is 2. The number of imide groups is 2. The van der Waals surface area contributed by atoms with Gasteiger partial charge in [0, 0.05) is 19.0 Å². The van der Waals surface area contributed by atoms with E-state index < -0.39 is 17.8 Å². The lowest BCUT2D eigenvalue weighted by atomic mass is 10.2. The summed E-state index contributed by atoms with van der Waals surface area (Å²) >= 11 is 0. The van der Waals surface area contributed by atoms with Crippen LogP contribution in [0.25, 0.3) is 0 Å². The number of hydrogen-bond acceptors (Lipinski definition) is 4. The highest BCUT2D eigenvalue weighted by Gasteiger charge is 2.36. The first-order valence-electron chi connectivity index (χ1n) is 5.41. The van der Waals surface area contributed by atoms with Gasteiger partial charge in [-0.3, -0.25) is 24.6 Å². The first-order chi connectivity index (χ1) is 7.95. The standard InChI is InChI=1S/C10H15N3O4/c1-3-6(2)11-7(14)4-5-13-9(16)8(15)12-10(13)17/h6H,3-5H2,1-2H3,(H,11,14)(H,12,15,17). The van der Waals surface area contributed by atoms with Crippen LogP contribution in [-0.2, 0) is 14.4 Å². The van der Waals surface area contributed by atoms with Gasteiger partial charge in [-0.05, 0) is 13.3 Å². The van der Waals surface area contributed by atoms with Crippen molar-refractivity contribution in [1.29, 1.82) is 0 Å². The quantitative estimate of drug-likeness (QED) is 0.495. The van der Waals surface area contributed by atoms with Crippen LogP contribution in [0.2, 0.25) is 0 Å². The van der Waals surface area contributed by atoms with Gasteiger partial charge in [0.25, 0.3) is 0 Å². The molecule has 1 heterocycles. The van der Waals surface area contributed by atoms with Crippen LogP contribution in [0, 0.1) is 0 Å². The minimum Gasteiger partial charge on any atom is -0.354 e. The van der Waals surface area contributed by atoms with Crippen LogP contribution in [0.4, 0.5) is 4.79 Å². The molecule has 17 heavy (non-hydrogen) atoms. The fraction of sp³-hybridized carbons (Fsp3) is 0.600. The summed E-state index contributed by atoms with van der Waals surface area (Å²) in [6, 6.07) is -0.719. The van der Waals surface area contributed by atoms with Gasteiger partial charge in [0.15, 0.2) is 0 Å². The number of nitrogens with zero attached hydrogens (tertiary/aromatic N) is 1. The lowest BCUT2D eigenvalue weighted by Crippen LogP contribution is -2.37. The van der Waals surface area contributed by atoms with E-state index in [1.54, 1.807) is 0 Å². The van der Waals surface area contributed by atoms with Crippen molar-refractivity contribution in [3.63, 3.8) is 0 Å². The van der Waals surface area contributed by atoms with Crippen LogP contribution >= 0.6 is 0 Å². The van der Waals surface area contributed by atoms with Gasteiger partial charge in [0.1, 0.15) is 0 Å². The predicted octanol–water partition coefficient (Wildman–Crippen LogP) is -0.630. The summed E-state index contributed by atoms with van der Waals surface area (Å²) in [4.78, 5) is 45.3. The average molecular weight is 241 g/mol. The zero-order chi connectivity index (χ0) is 13.0. The number of amides is 5. The van der Waals surface area contributed by atoms with Gasteiger partial charge < -0.3 is 5.32 Å². The van der Waals surface area contributed by atoms with Gasteiger partial charge in [0.05, 0.1) is 0 Å². The second-order valence-electron chi connectivity index (χ2n) is 3.84. The van der Waals surface area contributed by atoms with Crippen LogP contribution in [0.5, 0.6) is 0 Å². The fourth-order valence-corrected chi connectivity index (χ4v) is 1.30. The normalized spacial score (nSPS) is 17.1. The van der Waals surface area contributed by atoms with E-state index in [9.17, 15) is 19.2 Å². The van der Waals surface area contributed by atoms with Crippen LogP contribution < -0.4 is 10.6 Å². The largest absolute Gasteiger partial charge is 0.354 e. The van der Waals surface area contributed by atoms with E-state index in [4.69, 9.17) is 0 Å². The summed E-state index contributed by atoms with van der Waals surface area (Å²) < 4.78 is 0. The maximum Gasteiger partial charge on any atom is 0.331 e. The molecule has 1 unspecified atom stereocenters. The van der Waals surface area contributed by atoms with Crippen LogP contribution in [-0.4, -0.2) is 41.2 Å².